The van der Waals surface area contributed by atoms with Crippen molar-refractivity contribution in [3.05, 3.63) is 69.6 Å². The number of nitriles is 1. The number of nitrogens with zero attached hydrogens (tertiary/aromatic N) is 5. The second-order valence-electron chi connectivity index (χ2n) is 8.32. The van der Waals surface area contributed by atoms with Gasteiger partial charge in [0.2, 0.25) is 11.7 Å². The third-order valence-corrected chi connectivity index (χ3v) is 6.44. The number of benzene rings is 2. The van der Waals surface area contributed by atoms with Gasteiger partial charge in [0.05, 0.1) is 17.0 Å². The molecular formula is C23H21N5O3. The van der Waals surface area contributed by atoms with Crippen LogP contribution in [-0.4, -0.2) is 27.7 Å². The molecule has 0 aliphatic carbocycles. The van der Waals surface area contributed by atoms with Gasteiger partial charge in [-0.1, -0.05) is 35.0 Å². The van der Waals surface area contributed by atoms with Crippen molar-refractivity contribution in [3.8, 4) is 17.5 Å². The van der Waals surface area contributed by atoms with E-state index in [1.54, 1.807) is 12.1 Å². The Kier molecular flexibility index (Phi) is 4.47. The summed E-state index contributed by atoms with van der Waals surface area (Å²) in [6.45, 7) is 2.80. The van der Waals surface area contributed by atoms with E-state index in [2.05, 4.69) is 21.1 Å². The van der Waals surface area contributed by atoms with Crippen LogP contribution in [0.4, 0.5) is 11.4 Å². The SMILES string of the molecule is Cc1ccc(-c2noc([C@]3(C#N)Cc4cc([N+](=O)[O-])ccc4N4CCCC[C@@H]43)n2)cc1. The molecule has 0 unspecified atom stereocenters. The zero-order valence-corrected chi connectivity index (χ0v) is 17.1. The molecular weight excluding hydrogens is 394 g/mol. The van der Waals surface area contributed by atoms with Gasteiger partial charge in [0.15, 0.2) is 5.41 Å². The number of nitro benzene ring substituents is 1. The molecule has 2 aliphatic rings. The third-order valence-electron chi connectivity index (χ3n) is 6.44. The molecule has 2 aromatic carbocycles. The van der Waals surface area contributed by atoms with Crippen molar-refractivity contribution < 1.29 is 9.45 Å². The van der Waals surface area contributed by atoms with Crippen molar-refractivity contribution in [2.45, 2.75) is 44.1 Å². The molecule has 31 heavy (non-hydrogen) atoms. The van der Waals surface area contributed by atoms with E-state index in [0.717, 1.165) is 48.2 Å². The Morgan fingerprint density at radius 1 is 1.26 bits per heavy atom. The molecule has 0 radical (unpaired) electrons. The topological polar surface area (TPSA) is 109 Å². The molecule has 3 heterocycles. The number of aryl methyl sites for hydroxylation is 1. The largest absolute Gasteiger partial charge is 0.366 e. The van der Waals surface area contributed by atoms with Crippen molar-refractivity contribution >= 4 is 11.4 Å². The highest BCUT2D eigenvalue weighted by Gasteiger charge is 2.53. The highest BCUT2D eigenvalue weighted by atomic mass is 16.6. The quantitative estimate of drug-likeness (QED) is 0.462. The molecule has 1 fully saturated rings. The molecule has 2 atom stereocenters. The number of anilines is 1. The van der Waals surface area contributed by atoms with Crippen molar-refractivity contribution in [2.75, 3.05) is 11.4 Å². The van der Waals surface area contributed by atoms with Crippen molar-refractivity contribution in [1.82, 2.24) is 10.1 Å². The van der Waals surface area contributed by atoms with Crippen LogP contribution in [0.25, 0.3) is 11.4 Å². The molecule has 5 rings (SSSR count). The molecule has 0 bridgehead atoms. The van der Waals surface area contributed by atoms with E-state index in [0.29, 0.717) is 12.2 Å². The lowest BCUT2D eigenvalue weighted by molar-refractivity contribution is -0.384. The van der Waals surface area contributed by atoms with E-state index in [-0.39, 0.29) is 17.6 Å². The number of aromatic nitrogens is 2. The van der Waals surface area contributed by atoms with Gasteiger partial charge in [-0.05, 0) is 37.8 Å². The van der Waals surface area contributed by atoms with Crippen LogP contribution in [0.2, 0.25) is 0 Å². The first-order valence-electron chi connectivity index (χ1n) is 10.4. The Hall–Kier alpha value is -3.73. The fraction of sp³-hybridized carbons (Fsp3) is 0.348. The summed E-state index contributed by atoms with van der Waals surface area (Å²) in [6, 6.07) is 15.1. The molecule has 0 N–H and O–H groups in total. The highest BCUT2D eigenvalue weighted by Crippen LogP contribution is 2.47. The first-order valence-corrected chi connectivity index (χ1v) is 10.4. The van der Waals surface area contributed by atoms with Crippen molar-refractivity contribution in [2.24, 2.45) is 0 Å². The fourth-order valence-electron chi connectivity index (χ4n) is 4.86. The minimum atomic E-state index is -1.06. The maximum absolute atomic E-state index is 11.3. The average molecular weight is 415 g/mol. The van der Waals surface area contributed by atoms with Crippen LogP contribution in [0.1, 0.15) is 36.3 Å². The second kappa shape index (κ2) is 7.20. The van der Waals surface area contributed by atoms with Crippen molar-refractivity contribution in [1.29, 1.82) is 5.26 Å². The summed E-state index contributed by atoms with van der Waals surface area (Å²) >= 11 is 0. The van der Waals surface area contributed by atoms with Crippen LogP contribution in [0.5, 0.6) is 0 Å². The Morgan fingerprint density at radius 2 is 2.06 bits per heavy atom. The van der Waals surface area contributed by atoms with E-state index in [1.165, 1.54) is 6.07 Å². The van der Waals surface area contributed by atoms with Gasteiger partial charge in [0.25, 0.3) is 5.69 Å². The van der Waals surface area contributed by atoms with Crippen LogP contribution in [0, 0.1) is 28.4 Å². The minimum Gasteiger partial charge on any atom is -0.366 e. The number of hydrogen-bond acceptors (Lipinski definition) is 7. The standard InChI is InChI=1S/C23H21N5O3/c1-15-5-7-16(8-6-15)21-25-22(31-26-21)23(14-24)13-17-12-18(28(29)30)9-10-19(17)27-11-3-2-4-20(23)27/h5-10,12,20H,2-4,11,13H2,1H3/t20-,23+/m1/s1. The Bertz CT molecular complexity index is 1200. The number of fused-ring (bicyclic) bond motifs is 3. The summed E-state index contributed by atoms with van der Waals surface area (Å²) in [7, 11) is 0. The molecule has 0 saturated carbocycles. The average Bonchev–Trinajstić information content (AvgIpc) is 3.29. The molecule has 8 nitrogen and oxygen atoms in total. The van der Waals surface area contributed by atoms with Gasteiger partial charge in [-0.25, -0.2) is 0 Å². The molecule has 3 aromatic rings. The normalized spacial score (nSPS) is 22.3. The smallest absolute Gasteiger partial charge is 0.269 e. The highest BCUT2D eigenvalue weighted by molar-refractivity contribution is 5.64. The molecule has 8 heteroatoms. The van der Waals surface area contributed by atoms with Gasteiger partial charge in [-0.2, -0.15) is 10.2 Å². The summed E-state index contributed by atoms with van der Waals surface area (Å²) in [5.74, 6) is 0.719. The third kappa shape index (κ3) is 3.05. The lowest BCUT2D eigenvalue weighted by Gasteiger charge is -2.48. The number of piperidine rings is 1. The van der Waals surface area contributed by atoms with E-state index in [4.69, 9.17) is 4.52 Å². The van der Waals surface area contributed by atoms with Gasteiger partial charge < -0.3 is 9.42 Å². The number of hydrogen-bond donors (Lipinski definition) is 0. The van der Waals surface area contributed by atoms with E-state index in [9.17, 15) is 15.4 Å². The van der Waals surface area contributed by atoms with Gasteiger partial charge in [0.1, 0.15) is 0 Å². The zero-order valence-electron chi connectivity index (χ0n) is 17.1. The summed E-state index contributed by atoms with van der Waals surface area (Å²) in [5, 5.41) is 25.9. The first kappa shape index (κ1) is 19.2. The fourth-order valence-corrected chi connectivity index (χ4v) is 4.86. The zero-order chi connectivity index (χ0) is 21.6. The predicted octanol–water partition coefficient (Wildman–Crippen LogP) is 4.33. The first-order chi connectivity index (χ1) is 15.0. The van der Waals surface area contributed by atoms with Crippen molar-refractivity contribution in [3.63, 3.8) is 0 Å². The summed E-state index contributed by atoms with van der Waals surface area (Å²) < 4.78 is 5.68. The maximum atomic E-state index is 11.3. The number of non-ortho nitro benzene ring substituents is 1. The van der Waals surface area contributed by atoms with Crippen LogP contribution < -0.4 is 4.90 Å². The van der Waals surface area contributed by atoms with Crippen LogP contribution in [0.15, 0.2) is 47.0 Å². The maximum Gasteiger partial charge on any atom is 0.269 e. The second-order valence-corrected chi connectivity index (χ2v) is 8.32. The van der Waals surface area contributed by atoms with Gasteiger partial charge in [-0.3, -0.25) is 10.1 Å². The molecule has 2 aliphatic heterocycles. The molecule has 156 valence electrons. The minimum absolute atomic E-state index is 0.0203. The summed E-state index contributed by atoms with van der Waals surface area (Å²) in [4.78, 5) is 17.8. The van der Waals surface area contributed by atoms with Crippen LogP contribution in [0.3, 0.4) is 0 Å². The van der Waals surface area contributed by atoms with Crippen LogP contribution in [-0.2, 0) is 11.8 Å². The number of nitro groups is 1. The Morgan fingerprint density at radius 3 is 2.81 bits per heavy atom. The lowest BCUT2D eigenvalue weighted by atomic mass is 9.69. The molecule has 1 aromatic heterocycles. The summed E-state index contributed by atoms with van der Waals surface area (Å²) in [6.07, 6.45) is 3.14. The molecule has 1 saturated heterocycles. The van der Waals surface area contributed by atoms with Gasteiger partial charge in [-0.15, -0.1) is 0 Å². The monoisotopic (exact) mass is 415 g/mol. The van der Waals surface area contributed by atoms with E-state index in [1.807, 2.05) is 31.2 Å². The Balaban J connectivity index is 1.62. The molecule has 0 spiro atoms. The van der Waals surface area contributed by atoms with Gasteiger partial charge in [0, 0.05) is 36.3 Å². The Labute approximate surface area is 179 Å². The van der Waals surface area contributed by atoms with E-state index >= 15 is 0 Å². The lowest BCUT2D eigenvalue weighted by Crippen LogP contribution is -2.57. The van der Waals surface area contributed by atoms with Crippen LogP contribution >= 0.6 is 0 Å². The molecule has 0 amide bonds. The summed E-state index contributed by atoms with van der Waals surface area (Å²) in [5.41, 5.74) is 2.64. The van der Waals surface area contributed by atoms with Gasteiger partial charge >= 0.3 is 0 Å². The van der Waals surface area contributed by atoms with E-state index < -0.39 is 10.3 Å². The number of rotatable bonds is 3. The predicted molar refractivity (Wildman–Crippen MR) is 114 cm³/mol.